The zero-order chi connectivity index (χ0) is 18.3. The number of nitrogens with zero attached hydrogens (tertiary/aromatic N) is 1. The third-order valence-corrected chi connectivity index (χ3v) is 4.55. The second-order valence-corrected chi connectivity index (χ2v) is 9.15. The lowest BCUT2D eigenvalue weighted by Crippen LogP contribution is -2.48. The summed E-state index contributed by atoms with van der Waals surface area (Å²) in [5, 5.41) is 0.675. The Morgan fingerprint density at radius 1 is 1.09 bits per heavy atom. The van der Waals surface area contributed by atoms with Crippen molar-refractivity contribution in [1.29, 1.82) is 0 Å². The molecule has 1 unspecified atom stereocenters. The summed E-state index contributed by atoms with van der Waals surface area (Å²) < 4.78 is 11.6. The molecule has 0 aromatic heterocycles. The second-order valence-electron chi connectivity index (χ2n) is 8.59. The first-order chi connectivity index (χ1) is 10.3. The molecule has 1 amide bonds. The third-order valence-electron chi connectivity index (χ3n) is 3.36. The van der Waals surface area contributed by atoms with E-state index >= 15 is 0 Å². The van der Waals surface area contributed by atoms with E-state index in [-0.39, 0.29) is 6.09 Å². The molecule has 1 atom stereocenters. The van der Waals surface area contributed by atoms with Crippen molar-refractivity contribution in [2.45, 2.75) is 79.4 Å². The highest BCUT2D eigenvalue weighted by atomic mass is 79.9. The molecule has 23 heavy (non-hydrogen) atoms. The number of carbonyl (C=O) groups is 1. The third kappa shape index (κ3) is 11.0. The van der Waals surface area contributed by atoms with Gasteiger partial charge >= 0.3 is 6.09 Å². The van der Waals surface area contributed by atoms with Gasteiger partial charge in [0.05, 0.1) is 12.1 Å². The summed E-state index contributed by atoms with van der Waals surface area (Å²) in [5.41, 5.74) is -0.576. The molecule has 0 aliphatic carbocycles. The molecule has 0 aliphatic rings. The highest BCUT2D eigenvalue weighted by Crippen LogP contribution is 2.23. The average Bonchev–Trinajstić information content (AvgIpc) is 2.38. The van der Waals surface area contributed by atoms with E-state index in [0.29, 0.717) is 30.4 Å². The van der Waals surface area contributed by atoms with Gasteiger partial charge < -0.3 is 14.4 Å². The summed E-state index contributed by atoms with van der Waals surface area (Å²) in [7, 11) is 0. The second kappa shape index (κ2) is 9.26. The summed E-state index contributed by atoms with van der Waals surface area (Å²) in [6.45, 7) is 18.1. The minimum absolute atomic E-state index is 0.287. The Labute approximate surface area is 151 Å². The van der Waals surface area contributed by atoms with E-state index in [4.69, 9.17) is 9.47 Å². The first-order valence-corrected chi connectivity index (χ1v) is 9.62. The molecule has 0 aromatic rings. The zero-order valence-corrected chi connectivity index (χ0v) is 17.9. The Kier molecular flexibility index (Phi) is 9.14. The topological polar surface area (TPSA) is 38.8 Å². The fourth-order valence-corrected chi connectivity index (χ4v) is 2.42. The summed E-state index contributed by atoms with van der Waals surface area (Å²) in [6.07, 6.45) is 1.85. The van der Waals surface area contributed by atoms with E-state index < -0.39 is 11.2 Å². The number of hydrogen-bond acceptors (Lipinski definition) is 3. The smallest absolute Gasteiger partial charge is 0.410 e. The van der Waals surface area contributed by atoms with E-state index in [1.165, 1.54) is 0 Å². The highest BCUT2D eigenvalue weighted by molar-refractivity contribution is 9.09. The van der Waals surface area contributed by atoms with Gasteiger partial charge in [0, 0.05) is 18.5 Å². The molecule has 0 radical (unpaired) electrons. The van der Waals surface area contributed by atoms with Gasteiger partial charge in [0.1, 0.15) is 5.60 Å². The van der Waals surface area contributed by atoms with E-state index in [1.807, 2.05) is 34.6 Å². The molecule has 0 aromatic carbocycles. The molecular weight excluding hydrogens is 358 g/mol. The van der Waals surface area contributed by atoms with Gasteiger partial charge in [-0.2, -0.15) is 0 Å². The molecule has 0 saturated carbocycles. The first-order valence-electron chi connectivity index (χ1n) is 8.50. The van der Waals surface area contributed by atoms with Crippen molar-refractivity contribution in [1.82, 2.24) is 4.90 Å². The zero-order valence-electron chi connectivity index (χ0n) is 16.3. The number of ether oxygens (including phenoxy) is 2. The van der Waals surface area contributed by atoms with Crippen molar-refractivity contribution in [2.24, 2.45) is 5.41 Å². The monoisotopic (exact) mass is 393 g/mol. The lowest BCUT2D eigenvalue weighted by atomic mass is 9.91. The van der Waals surface area contributed by atoms with Gasteiger partial charge in [0.25, 0.3) is 0 Å². The SMILES string of the molecule is CCN(CC(C)(CBr)OCCCC(C)(C)C)C(=O)OC(C)(C)C. The standard InChI is InChI=1S/C18H36BrNO3/c1-9-20(15(21)23-17(5,6)7)14-18(8,13-19)22-12-10-11-16(2,3)4/h9-14H2,1-8H3. The minimum Gasteiger partial charge on any atom is -0.444 e. The molecule has 0 saturated heterocycles. The van der Waals surface area contributed by atoms with Crippen molar-refractivity contribution in [3.63, 3.8) is 0 Å². The predicted molar refractivity (Wildman–Crippen MR) is 100 cm³/mol. The summed E-state index contributed by atoms with van der Waals surface area (Å²) in [5.74, 6) is 0. The molecular formula is C18H36BrNO3. The van der Waals surface area contributed by atoms with Crippen LogP contribution in [0.15, 0.2) is 0 Å². The summed E-state index contributed by atoms with van der Waals surface area (Å²) >= 11 is 3.53. The molecule has 0 heterocycles. The van der Waals surface area contributed by atoms with E-state index in [2.05, 4.69) is 36.7 Å². The molecule has 0 rings (SSSR count). The maximum atomic E-state index is 12.3. The molecule has 0 N–H and O–H groups in total. The maximum absolute atomic E-state index is 12.3. The van der Waals surface area contributed by atoms with Crippen LogP contribution in [-0.2, 0) is 9.47 Å². The Balaban J connectivity index is 4.58. The number of amides is 1. The Morgan fingerprint density at radius 2 is 1.65 bits per heavy atom. The van der Waals surface area contributed by atoms with Crippen LogP contribution < -0.4 is 0 Å². The van der Waals surface area contributed by atoms with E-state index in [0.717, 1.165) is 12.8 Å². The van der Waals surface area contributed by atoms with Gasteiger partial charge in [-0.25, -0.2) is 4.79 Å². The number of carbonyl (C=O) groups excluding carboxylic acids is 1. The summed E-state index contributed by atoms with van der Waals surface area (Å²) in [6, 6.07) is 0. The number of alkyl halides is 1. The van der Waals surface area contributed by atoms with Crippen molar-refractivity contribution >= 4 is 22.0 Å². The number of hydrogen-bond donors (Lipinski definition) is 0. The van der Waals surface area contributed by atoms with Gasteiger partial charge in [-0.15, -0.1) is 0 Å². The first kappa shape index (κ1) is 22.7. The normalized spacial score (nSPS) is 15.2. The molecule has 138 valence electrons. The van der Waals surface area contributed by atoms with Crippen LogP contribution in [-0.4, -0.2) is 47.2 Å². The average molecular weight is 394 g/mol. The Morgan fingerprint density at radius 3 is 2.04 bits per heavy atom. The van der Waals surface area contributed by atoms with Crippen LogP contribution in [0.4, 0.5) is 4.79 Å². The number of halogens is 1. The molecule has 0 spiro atoms. The van der Waals surface area contributed by atoms with Crippen LogP contribution in [0, 0.1) is 5.41 Å². The van der Waals surface area contributed by atoms with Crippen LogP contribution in [0.5, 0.6) is 0 Å². The molecule has 5 heteroatoms. The van der Waals surface area contributed by atoms with Crippen LogP contribution in [0.3, 0.4) is 0 Å². The van der Waals surface area contributed by atoms with Crippen LogP contribution in [0.25, 0.3) is 0 Å². The van der Waals surface area contributed by atoms with Gasteiger partial charge in [0.15, 0.2) is 0 Å². The van der Waals surface area contributed by atoms with Crippen molar-refractivity contribution in [3.05, 3.63) is 0 Å². The fraction of sp³-hybridized carbons (Fsp3) is 0.944. The minimum atomic E-state index is -0.483. The van der Waals surface area contributed by atoms with Crippen molar-refractivity contribution in [3.8, 4) is 0 Å². The van der Waals surface area contributed by atoms with Gasteiger partial charge in [-0.1, -0.05) is 36.7 Å². The van der Waals surface area contributed by atoms with E-state index in [9.17, 15) is 4.79 Å². The fourth-order valence-electron chi connectivity index (χ4n) is 2.08. The maximum Gasteiger partial charge on any atom is 0.410 e. The van der Waals surface area contributed by atoms with Crippen molar-refractivity contribution in [2.75, 3.05) is 25.0 Å². The van der Waals surface area contributed by atoms with Crippen LogP contribution >= 0.6 is 15.9 Å². The lowest BCUT2D eigenvalue weighted by Gasteiger charge is -2.35. The van der Waals surface area contributed by atoms with Crippen LogP contribution in [0.1, 0.15) is 68.2 Å². The molecule has 0 fully saturated rings. The van der Waals surface area contributed by atoms with Crippen molar-refractivity contribution < 1.29 is 14.3 Å². The Hall–Kier alpha value is -0.290. The van der Waals surface area contributed by atoms with Gasteiger partial charge in [0.2, 0.25) is 0 Å². The van der Waals surface area contributed by atoms with E-state index in [1.54, 1.807) is 4.90 Å². The lowest BCUT2D eigenvalue weighted by molar-refractivity contribution is -0.0447. The summed E-state index contributed by atoms with van der Waals surface area (Å²) in [4.78, 5) is 14.0. The quantitative estimate of drug-likeness (QED) is 0.417. The number of rotatable bonds is 8. The van der Waals surface area contributed by atoms with Crippen LogP contribution in [0.2, 0.25) is 0 Å². The largest absolute Gasteiger partial charge is 0.444 e. The molecule has 4 nitrogen and oxygen atoms in total. The molecule has 0 aliphatic heterocycles. The highest BCUT2D eigenvalue weighted by Gasteiger charge is 2.31. The Bertz CT molecular complexity index is 360. The number of likely N-dealkylation sites (N-methyl/N-ethyl adjacent to an activating group) is 1. The molecule has 0 bridgehead atoms. The predicted octanol–water partition coefficient (Wildman–Crippen LogP) is 5.24. The van der Waals surface area contributed by atoms with Gasteiger partial charge in [-0.05, 0) is 52.9 Å². The van der Waals surface area contributed by atoms with Gasteiger partial charge in [-0.3, -0.25) is 0 Å².